The second kappa shape index (κ2) is 6.00. The molecule has 1 atom stereocenters. The van der Waals surface area contributed by atoms with Crippen LogP contribution in [-0.2, 0) is 10.0 Å². The van der Waals surface area contributed by atoms with Crippen LogP contribution in [0, 0.1) is 6.92 Å². The molecule has 0 saturated carbocycles. The van der Waals surface area contributed by atoms with Crippen LogP contribution in [0.1, 0.15) is 22.8 Å². The van der Waals surface area contributed by atoms with Crippen molar-refractivity contribution in [1.82, 2.24) is 4.72 Å². The molecule has 0 radical (unpaired) electrons. The van der Waals surface area contributed by atoms with E-state index in [9.17, 15) is 13.2 Å². The summed E-state index contributed by atoms with van der Waals surface area (Å²) in [6.45, 7) is 2.86. The number of halogens is 1. The molecule has 0 spiro atoms. The average Bonchev–Trinajstić information content (AvgIpc) is 2.29. The molecule has 0 aliphatic heterocycles. The summed E-state index contributed by atoms with van der Waals surface area (Å²) in [6.07, 6.45) is -0.832. The second-order valence-corrected chi connectivity index (χ2v) is 6.68. The zero-order valence-electron chi connectivity index (χ0n) is 10.3. The number of sulfonamides is 1. The van der Waals surface area contributed by atoms with Gasteiger partial charge < -0.3 is 10.2 Å². The Morgan fingerprint density at radius 3 is 2.53 bits per heavy atom. The smallest absolute Gasteiger partial charge is 0.335 e. The summed E-state index contributed by atoms with van der Waals surface area (Å²) >= 11 is 3.13. The first-order valence-corrected chi connectivity index (χ1v) is 7.64. The van der Waals surface area contributed by atoms with Crippen molar-refractivity contribution < 1.29 is 23.4 Å². The SMILES string of the molecule is Cc1c(Br)cc(C(=O)O)cc1S(=O)(=O)NCC(C)O. The lowest BCUT2D eigenvalue weighted by atomic mass is 10.1. The summed E-state index contributed by atoms with van der Waals surface area (Å²) in [7, 11) is -3.87. The lowest BCUT2D eigenvalue weighted by molar-refractivity contribution is 0.0696. The fourth-order valence-electron chi connectivity index (χ4n) is 1.36. The van der Waals surface area contributed by atoms with Crippen molar-refractivity contribution in [1.29, 1.82) is 0 Å². The van der Waals surface area contributed by atoms with Crippen molar-refractivity contribution >= 4 is 31.9 Å². The normalized spacial score (nSPS) is 13.3. The van der Waals surface area contributed by atoms with E-state index in [1.54, 1.807) is 6.92 Å². The van der Waals surface area contributed by atoms with Gasteiger partial charge in [-0.25, -0.2) is 17.9 Å². The number of aliphatic hydroxyl groups is 1. The van der Waals surface area contributed by atoms with Gasteiger partial charge in [0, 0.05) is 11.0 Å². The van der Waals surface area contributed by atoms with Crippen molar-refractivity contribution in [3.63, 3.8) is 0 Å². The van der Waals surface area contributed by atoms with Crippen LogP contribution >= 0.6 is 15.9 Å². The van der Waals surface area contributed by atoms with Gasteiger partial charge in [0.15, 0.2) is 0 Å². The maximum Gasteiger partial charge on any atom is 0.335 e. The van der Waals surface area contributed by atoms with Crippen LogP contribution in [0.5, 0.6) is 0 Å². The summed E-state index contributed by atoms with van der Waals surface area (Å²) in [4.78, 5) is 10.8. The molecule has 0 amide bonds. The molecule has 1 aromatic carbocycles. The van der Waals surface area contributed by atoms with Crippen molar-refractivity contribution in [2.24, 2.45) is 0 Å². The van der Waals surface area contributed by atoms with Crippen molar-refractivity contribution in [3.8, 4) is 0 Å². The number of benzene rings is 1. The van der Waals surface area contributed by atoms with E-state index >= 15 is 0 Å². The fourth-order valence-corrected chi connectivity index (χ4v) is 3.37. The number of carboxylic acids is 1. The quantitative estimate of drug-likeness (QED) is 0.737. The fraction of sp³-hybridized carbons (Fsp3) is 0.364. The Labute approximate surface area is 119 Å². The van der Waals surface area contributed by atoms with Crippen LogP contribution in [-0.4, -0.2) is 37.2 Å². The monoisotopic (exact) mass is 351 g/mol. The molecule has 106 valence electrons. The highest BCUT2D eigenvalue weighted by atomic mass is 79.9. The summed E-state index contributed by atoms with van der Waals surface area (Å²) in [5, 5.41) is 18.0. The highest BCUT2D eigenvalue weighted by Gasteiger charge is 2.21. The zero-order chi connectivity index (χ0) is 14.8. The Morgan fingerprint density at radius 2 is 2.05 bits per heavy atom. The molecule has 0 aromatic heterocycles. The minimum Gasteiger partial charge on any atom is -0.478 e. The van der Waals surface area contributed by atoms with Gasteiger partial charge >= 0.3 is 5.97 Å². The van der Waals surface area contributed by atoms with Gasteiger partial charge in [-0.3, -0.25) is 0 Å². The first kappa shape index (κ1) is 16.1. The van der Waals surface area contributed by atoms with Gasteiger partial charge in [-0.1, -0.05) is 15.9 Å². The van der Waals surface area contributed by atoms with E-state index in [0.29, 0.717) is 10.0 Å². The number of rotatable bonds is 5. The highest BCUT2D eigenvalue weighted by molar-refractivity contribution is 9.10. The van der Waals surface area contributed by atoms with E-state index in [4.69, 9.17) is 10.2 Å². The molecular formula is C11H14BrNO5S. The van der Waals surface area contributed by atoms with Crippen LogP contribution < -0.4 is 4.72 Å². The molecule has 0 fully saturated rings. The standard InChI is InChI=1S/C11H14BrNO5S/c1-6(14)5-13-19(17,18)10-4-8(11(15)16)3-9(12)7(10)2/h3-4,6,13-14H,5H2,1-2H3,(H,15,16). The maximum absolute atomic E-state index is 12.0. The number of hydrogen-bond acceptors (Lipinski definition) is 4. The lowest BCUT2D eigenvalue weighted by Crippen LogP contribution is -2.31. The molecule has 0 bridgehead atoms. The van der Waals surface area contributed by atoms with Crippen molar-refractivity contribution in [2.45, 2.75) is 24.8 Å². The van der Waals surface area contributed by atoms with Crippen molar-refractivity contribution in [2.75, 3.05) is 6.54 Å². The topological polar surface area (TPSA) is 104 Å². The third-order valence-electron chi connectivity index (χ3n) is 2.40. The molecule has 1 aromatic rings. The molecule has 0 heterocycles. The maximum atomic E-state index is 12.0. The largest absolute Gasteiger partial charge is 0.478 e. The molecule has 1 rings (SSSR count). The first-order chi connectivity index (χ1) is 8.65. The minimum atomic E-state index is -3.87. The van der Waals surface area contributed by atoms with Crippen LogP contribution in [0.15, 0.2) is 21.5 Å². The zero-order valence-corrected chi connectivity index (χ0v) is 12.7. The van der Waals surface area contributed by atoms with Crippen LogP contribution in [0.4, 0.5) is 0 Å². The Bertz CT molecular complexity index is 597. The summed E-state index contributed by atoms with van der Waals surface area (Å²) in [5.41, 5.74) is 0.276. The number of aliphatic hydroxyl groups excluding tert-OH is 1. The van der Waals surface area contributed by atoms with E-state index < -0.39 is 22.1 Å². The van der Waals surface area contributed by atoms with E-state index in [-0.39, 0.29) is 17.0 Å². The minimum absolute atomic E-state index is 0.125. The average molecular weight is 352 g/mol. The number of hydrogen-bond donors (Lipinski definition) is 3. The van der Waals surface area contributed by atoms with E-state index in [2.05, 4.69) is 20.7 Å². The van der Waals surface area contributed by atoms with Gasteiger partial charge in [-0.2, -0.15) is 0 Å². The third kappa shape index (κ3) is 4.00. The van der Waals surface area contributed by atoms with Gasteiger partial charge in [0.2, 0.25) is 10.0 Å². The van der Waals surface area contributed by atoms with Gasteiger partial charge in [0.1, 0.15) is 0 Å². The lowest BCUT2D eigenvalue weighted by Gasteiger charge is -2.12. The highest BCUT2D eigenvalue weighted by Crippen LogP contribution is 2.25. The molecular weight excluding hydrogens is 338 g/mol. The molecule has 1 unspecified atom stereocenters. The van der Waals surface area contributed by atoms with Gasteiger partial charge in [0.05, 0.1) is 16.6 Å². The molecule has 3 N–H and O–H groups in total. The summed E-state index contributed by atoms with van der Waals surface area (Å²) in [6, 6.07) is 2.43. The van der Waals surface area contributed by atoms with Gasteiger partial charge in [-0.15, -0.1) is 0 Å². The molecule has 8 heteroatoms. The Hall–Kier alpha value is -0.960. The number of carbonyl (C=O) groups is 1. The predicted molar refractivity (Wildman–Crippen MR) is 72.7 cm³/mol. The van der Waals surface area contributed by atoms with E-state index in [1.807, 2.05) is 0 Å². The van der Waals surface area contributed by atoms with Crippen LogP contribution in [0.25, 0.3) is 0 Å². The number of carboxylic acid groups (broad SMARTS) is 1. The Morgan fingerprint density at radius 1 is 1.47 bits per heavy atom. The Kier molecular flexibility index (Phi) is 5.08. The summed E-state index contributed by atoms with van der Waals surface area (Å²) < 4.78 is 26.7. The van der Waals surface area contributed by atoms with E-state index in [0.717, 1.165) is 6.07 Å². The third-order valence-corrected chi connectivity index (χ3v) is 4.78. The van der Waals surface area contributed by atoms with E-state index in [1.165, 1.54) is 13.0 Å². The van der Waals surface area contributed by atoms with Crippen LogP contribution in [0.2, 0.25) is 0 Å². The number of aromatic carboxylic acids is 1. The summed E-state index contributed by atoms with van der Waals surface area (Å²) in [5.74, 6) is -1.22. The second-order valence-electron chi connectivity index (χ2n) is 4.09. The predicted octanol–water partition coefficient (Wildman–Crippen LogP) is 1.11. The van der Waals surface area contributed by atoms with Crippen molar-refractivity contribution in [3.05, 3.63) is 27.7 Å². The molecule has 19 heavy (non-hydrogen) atoms. The first-order valence-electron chi connectivity index (χ1n) is 5.36. The van der Waals surface area contributed by atoms with Gasteiger partial charge in [-0.05, 0) is 31.5 Å². The van der Waals surface area contributed by atoms with Crippen LogP contribution in [0.3, 0.4) is 0 Å². The molecule has 0 saturated heterocycles. The number of nitrogens with one attached hydrogen (secondary N) is 1. The molecule has 0 aliphatic carbocycles. The Balaban J connectivity index is 3.29. The van der Waals surface area contributed by atoms with Gasteiger partial charge in [0.25, 0.3) is 0 Å². The molecule has 6 nitrogen and oxygen atoms in total. The molecule has 0 aliphatic rings.